The summed E-state index contributed by atoms with van der Waals surface area (Å²) in [6.07, 6.45) is 20.6. The van der Waals surface area contributed by atoms with Crippen molar-refractivity contribution in [2.24, 2.45) is 17.8 Å². The van der Waals surface area contributed by atoms with Crippen LogP contribution in [0.4, 0.5) is 0 Å². The van der Waals surface area contributed by atoms with Gasteiger partial charge >= 0.3 is 5.97 Å². The van der Waals surface area contributed by atoms with Crippen molar-refractivity contribution in [1.29, 1.82) is 0 Å². The first-order chi connectivity index (χ1) is 15.3. The predicted molar refractivity (Wildman–Crippen MR) is 119 cm³/mol. The zero-order valence-corrected chi connectivity index (χ0v) is 16.8. The minimum absolute atomic E-state index is 0.0925. The molecule has 2 aliphatic heterocycles. The molecule has 5 unspecified atom stereocenters. The van der Waals surface area contributed by atoms with Crippen LogP contribution in [0.5, 0.6) is 5.75 Å². The Hall–Kier alpha value is -3.59. The topological polar surface area (TPSA) is 35.5 Å². The number of hydrogen-bond acceptors (Lipinski definition) is 3. The number of rotatable bonds is 0. The summed E-state index contributed by atoms with van der Waals surface area (Å²) in [5.41, 5.74) is 2.34. The summed E-state index contributed by atoms with van der Waals surface area (Å²) in [4.78, 5) is 13.1. The molecule has 3 nitrogen and oxygen atoms in total. The molecule has 3 heteroatoms. The van der Waals surface area contributed by atoms with Gasteiger partial charge in [0.15, 0.2) is 5.60 Å². The summed E-state index contributed by atoms with van der Waals surface area (Å²) in [6.45, 7) is 0. The number of esters is 1. The van der Waals surface area contributed by atoms with E-state index in [1.165, 1.54) is 5.57 Å². The zero-order valence-electron chi connectivity index (χ0n) is 16.8. The molecule has 0 bridgehead atoms. The van der Waals surface area contributed by atoms with Crippen molar-refractivity contribution in [3.8, 4) is 5.75 Å². The number of fused-ring (bicyclic) bond motifs is 10. The molecule has 7 rings (SSSR count). The Kier molecular flexibility index (Phi) is 3.30. The van der Waals surface area contributed by atoms with Crippen LogP contribution < -0.4 is 4.74 Å². The number of hydrogen-bond donors (Lipinski definition) is 0. The fraction of sp³-hybridized carbons (Fsp3) is 0.179. The molecule has 1 spiro atoms. The van der Waals surface area contributed by atoms with Gasteiger partial charge in [0.2, 0.25) is 0 Å². The van der Waals surface area contributed by atoms with E-state index in [2.05, 4.69) is 66.8 Å². The van der Waals surface area contributed by atoms with Gasteiger partial charge in [-0.25, -0.2) is 0 Å². The summed E-state index contributed by atoms with van der Waals surface area (Å²) in [5, 5.41) is 2.18. The second kappa shape index (κ2) is 5.98. The highest BCUT2D eigenvalue weighted by Crippen LogP contribution is 2.60. The maximum Gasteiger partial charge on any atom is 0.314 e. The second-order valence-corrected chi connectivity index (χ2v) is 8.74. The molecule has 1 fully saturated rings. The molecule has 0 saturated carbocycles. The largest absolute Gasteiger partial charge is 0.484 e. The summed E-state index contributed by atoms with van der Waals surface area (Å²) in [6, 6.07) is 12.5. The zero-order chi connectivity index (χ0) is 20.6. The Morgan fingerprint density at radius 3 is 2.65 bits per heavy atom. The van der Waals surface area contributed by atoms with Gasteiger partial charge < -0.3 is 9.47 Å². The van der Waals surface area contributed by atoms with Gasteiger partial charge in [-0.15, -0.1) is 0 Å². The fourth-order valence-corrected chi connectivity index (χ4v) is 5.91. The van der Waals surface area contributed by atoms with Crippen LogP contribution >= 0.6 is 0 Å². The molecular weight excluding hydrogens is 384 g/mol. The van der Waals surface area contributed by atoms with Crippen molar-refractivity contribution in [3.63, 3.8) is 0 Å². The molecule has 1 saturated heterocycles. The highest BCUT2D eigenvalue weighted by Gasteiger charge is 2.62. The Morgan fingerprint density at radius 1 is 0.839 bits per heavy atom. The Balaban J connectivity index is 1.56. The SMILES string of the molecule is O=C1OC2(C3=CC=C4C=CC=CC4C3Oc3c2ccc2ccccc32)C2C=CC=CC12. The van der Waals surface area contributed by atoms with Gasteiger partial charge in [-0.3, -0.25) is 4.79 Å². The van der Waals surface area contributed by atoms with E-state index < -0.39 is 5.60 Å². The number of benzene rings is 2. The quantitative estimate of drug-likeness (QED) is 0.558. The standard InChI is InChI=1S/C28H20O3/c29-27-21-11-5-6-12-22(21)28(31-27)23-15-13-17-7-1-3-9-19(17)25(23)30-26-20-10-4-2-8-18(20)14-16-24(26)28/h1-16,19,21-22,25H. The van der Waals surface area contributed by atoms with Crippen molar-refractivity contribution < 1.29 is 14.3 Å². The second-order valence-electron chi connectivity index (χ2n) is 8.74. The van der Waals surface area contributed by atoms with Crippen molar-refractivity contribution >= 4 is 16.7 Å². The fourth-order valence-electron chi connectivity index (χ4n) is 5.91. The smallest absolute Gasteiger partial charge is 0.314 e. The van der Waals surface area contributed by atoms with Gasteiger partial charge in [0.25, 0.3) is 0 Å². The van der Waals surface area contributed by atoms with Crippen LogP contribution in [0.1, 0.15) is 5.56 Å². The minimum Gasteiger partial charge on any atom is -0.484 e. The lowest BCUT2D eigenvalue weighted by molar-refractivity contribution is -0.150. The number of ether oxygens (including phenoxy) is 2. The molecule has 31 heavy (non-hydrogen) atoms. The van der Waals surface area contributed by atoms with Crippen LogP contribution in [-0.2, 0) is 15.1 Å². The molecule has 0 amide bonds. The Morgan fingerprint density at radius 2 is 1.68 bits per heavy atom. The van der Waals surface area contributed by atoms with Gasteiger partial charge in [0, 0.05) is 28.4 Å². The van der Waals surface area contributed by atoms with Crippen LogP contribution in [0, 0.1) is 17.8 Å². The highest BCUT2D eigenvalue weighted by atomic mass is 16.6. The lowest BCUT2D eigenvalue weighted by Gasteiger charge is -2.47. The molecule has 150 valence electrons. The van der Waals surface area contributed by atoms with Gasteiger partial charge in [0.1, 0.15) is 11.9 Å². The van der Waals surface area contributed by atoms with E-state index in [0.29, 0.717) is 0 Å². The maximum atomic E-state index is 13.1. The van der Waals surface area contributed by atoms with Crippen molar-refractivity contribution in [2.75, 3.05) is 0 Å². The van der Waals surface area contributed by atoms with Gasteiger partial charge in [-0.1, -0.05) is 97.2 Å². The maximum absolute atomic E-state index is 13.1. The lowest BCUT2D eigenvalue weighted by Crippen LogP contribution is -2.49. The van der Waals surface area contributed by atoms with E-state index in [1.54, 1.807) is 0 Å². The Bertz CT molecular complexity index is 1340. The molecule has 0 radical (unpaired) electrons. The van der Waals surface area contributed by atoms with Crippen LogP contribution in [-0.4, -0.2) is 12.1 Å². The monoisotopic (exact) mass is 404 g/mol. The minimum atomic E-state index is -0.859. The van der Waals surface area contributed by atoms with Gasteiger partial charge in [0.05, 0.1) is 5.92 Å². The van der Waals surface area contributed by atoms with E-state index >= 15 is 0 Å². The van der Waals surface area contributed by atoms with Crippen molar-refractivity contribution in [1.82, 2.24) is 0 Å². The third-order valence-corrected chi connectivity index (χ3v) is 7.28. The van der Waals surface area contributed by atoms with Gasteiger partial charge in [-0.2, -0.15) is 0 Å². The predicted octanol–water partition coefficient (Wildman–Crippen LogP) is 5.32. The summed E-state index contributed by atoms with van der Waals surface area (Å²) < 4.78 is 13.2. The molecular formula is C28H20O3. The molecule has 2 heterocycles. The van der Waals surface area contributed by atoms with E-state index in [4.69, 9.17) is 9.47 Å². The van der Waals surface area contributed by atoms with Crippen molar-refractivity contribution in [3.05, 3.63) is 114 Å². The molecule has 3 aliphatic carbocycles. The first-order valence-electron chi connectivity index (χ1n) is 10.8. The lowest BCUT2D eigenvalue weighted by atomic mass is 9.64. The number of allylic oxidation sites excluding steroid dienone is 7. The molecule has 5 atom stereocenters. The Labute approximate surface area is 180 Å². The van der Waals surface area contributed by atoms with Crippen LogP contribution in [0.15, 0.2) is 108 Å². The van der Waals surface area contributed by atoms with E-state index in [-0.39, 0.29) is 29.8 Å². The molecule has 0 aromatic heterocycles. The van der Waals surface area contributed by atoms with Crippen LogP contribution in [0.3, 0.4) is 0 Å². The van der Waals surface area contributed by atoms with Crippen LogP contribution in [0.25, 0.3) is 10.8 Å². The first kappa shape index (κ1) is 17.1. The summed E-state index contributed by atoms with van der Waals surface area (Å²) in [5.74, 6) is 0.382. The molecule has 5 aliphatic rings. The molecule has 2 aromatic rings. The third kappa shape index (κ3) is 2.11. The average Bonchev–Trinajstić information content (AvgIpc) is 3.12. The summed E-state index contributed by atoms with van der Waals surface area (Å²) in [7, 11) is 0. The number of carbonyl (C=O) groups is 1. The summed E-state index contributed by atoms with van der Waals surface area (Å²) >= 11 is 0. The van der Waals surface area contributed by atoms with Crippen LogP contribution in [0.2, 0.25) is 0 Å². The first-order valence-corrected chi connectivity index (χ1v) is 10.8. The van der Waals surface area contributed by atoms with Gasteiger partial charge in [-0.05, 0) is 11.0 Å². The van der Waals surface area contributed by atoms with E-state index in [1.807, 2.05) is 30.4 Å². The van der Waals surface area contributed by atoms with Crippen molar-refractivity contribution in [2.45, 2.75) is 11.7 Å². The van der Waals surface area contributed by atoms with E-state index in [9.17, 15) is 4.79 Å². The highest BCUT2D eigenvalue weighted by molar-refractivity contribution is 5.92. The average molecular weight is 404 g/mol. The normalized spacial score (nSPS) is 33.7. The molecule has 0 N–H and O–H groups in total. The molecule has 2 aromatic carbocycles. The van der Waals surface area contributed by atoms with E-state index in [0.717, 1.165) is 27.7 Å². The number of carbonyl (C=O) groups excluding carboxylic acids is 1. The third-order valence-electron chi connectivity index (χ3n) is 7.28.